The van der Waals surface area contributed by atoms with Gasteiger partial charge < -0.3 is 4.74 Å². The van der Waals surface area contributed by atoms with Crippen LogP contribution in [0.1, 0.15) is 12.5 Å². The molecule has 0 saturated heterocycles. The summed E-state index contributed by atoms with van der Waals surface area (Å²) in [4.78, 5) is 0. The topological polar surface area (TPSA) is 29.1 Å². The Morgan fingerprint density at radius 3 is 2.42 bits per heavy atom. The summed E-state index contributed by atoms with van der Waals surface area (Å²) in [6.45, 7) is 2.58. The number of hydrogen-bond donors (Lipinski definition) is 0. The fourth-order valence-corrected chi connectivity index (χ4v) is 1.04. The zero-order valence-corrected chi connectivity index (χ0v) is 7.25. The molecule has 1 radical (unpaired) electrons. The van der Waals surface area contributed by atoms with Crippen molar-refractivity contribution in [3.8, 4) is 5.75 Å². The van der Waals surface area contributed by atoms with Gasteiger partial charge >= 0.3 is 0 Å². The minimum Gasteiger partial charge on any atom is -0.494 e. The third-order valence-corrected chi connectivity index (χ3v) is 1.63. The summed E-state index contributed by atoms with van der Waals surface area (Å²) < 4.78 is 5.26. The Morgan fingerprint density at radius 2 is 1.92 bits per heavy atom. The normalized spacial score (nSPS) is 9.83. The van der Waals surface area contributed by atoms with E-state index in [0.717, 1.165) is 11.3 Å². The first-order valence-corrected chi connectivity index (χ1v) is 4.16. The fourth-order valence-electron chi connectivity index (χ4n) is 1.04. The summed E-state index contributed by atoms with van der Waals surface area (Å²) in [5.41, 5.74) is 1.08. The van der Waals surface area contributed by atoms with Crippen LogP contribution < -0.4 is 4.74 Å². The van der Waals surface area contributed by atoms with Gasteiger partial charge in [-0.3, -0.25) is 0 Å². The molecule has 0 aliphatic rings. The molecule has 0 heterocycles. The van der Waals surface area contributed by atoms with Gasteiger partial charge in [0.1, 0.15) is 5.75 Å². The smallest absolute Gasteiger partial charge is 0.119 e. The zero-order valence-electron chi connectivity index (χ0n) is 7.25. The van der Waals surface area contributed by atoms with Crippen molar-refractivity contribution in [2.75, 3.05) is 13.2 Å². The fraction of sp³-hybridized carbons (Fsp3) is 0.400. The standard InChI is InChI=1S/C10H13O2/c1-2-12-10-5-3-9(4-6-10)7-8-11/h3-6H,2,7-8H2,1H3. The van der Waals surface area contributed by atoms with Gasteiger partial charge in [-0.15, -0.1) is 0 Å². The Bertz CT molecular complexity index is 191. The average molecular weight is 165 g/mol. The van der Waals surface area contributed by atoms with E-state index in [9.17, 15) is 5.11 Å². The van der Waals surface area contributed by atoms with Crippen LogP contribution in [0, 0.1) is 0 Å². The number of ether oxygens (including phenoxy) is 1. The Balaban J connectivity index is 2.58. The van der Waals surface area contributed by atoms with Gasteiger partial charge in [0.05, 0.1) is 13.2 Å². The molecule has 0 aliphatic heterocycles. The maximum absolute atomic E-state index is 10.3. The van der Waals surface area contributed by atoms with E-state index in [4.69, 9.17) is 4.74 Å². The van der Waals surface area contributed by atoms with Gasteiger partial charge in [-0.25, -0.2) is 5.11 Å². The molecule has 2 heteroatoms. The van der Waals surface area contributed by atoms with Gasteiger partial charge in [-0.1, -0.05) is 12.1 Å². The highest BCUT2D eigenvalue weighted by Gasteiger charge is 1.93. The highest BCUT2D eigenvalue weighted by atomic mass is 16.5. The summed E-state index contributed by atoms with van der Waals surface area (Å²) in [6.07, 6.45) is 0.604. The largest absolute Gasteiger partial charge is 0.494 e. The van der Waals surface area contributed by atoms with Crippen LogP contribution in [0.5, 0.6) is 5.75 Å². The molecule has 0 saturated carbocycles. The van der Waals surface area contributed by atoms with Gasteiger partial charge in [0.2, 0.25) is 0 Å². The molecule has 12 heavy (non-hydrogen) atoms. The second-order valence-electron chi connectivity index (χ2n) is 2.53. The highest BCUT2D eigenvalue weighted by molar-refractivity contribution is 5.27. The number of hydrogen-bond acceptors (Lipinski definition) is 1. The van der Waals surface area contributed by atoms with Crippen LogP contribution in [-0.4, -0.2) is 13.2 Å². The second kappa shape index (κ2) is 4.78. The van der Waals surface area contributed by atoms with Crippen molar-refractivity contribution in [1.29, 1.82) is 0 Å². The van der Waals surface area contributed by atoms with E-state index in [-0.39, 0.29) is 6.61 Å². The van der Waals surface area contributed by atoms with E-state index in [0.29, 0.717) is 13.0 Å². The minimum absolute atomic E-state index is 0.0476. The van der Waals surface area contributed by atoms with Gasteiger partial charge in [-0.05, 0) is 31.0 Å². The lowest BCUT2D eigenvalue weighted by atomic mass is 10.1. The van der Waals surface area contributed by atoms with Crippen LogP contribution >= 0.6 is 0 Å². The molecule has 0 fully saturated rings. The molecule has 0 amide bonds. The van der Waals surface area contributed by atoms with Crippen molar-refractivity contribution in [2.24, 2.45) is 0 Å². The van der Waals surface area contributed by atoms with E-state index in [2.05, 4.69) is 0 Å². The van der Waals surface area contributed by atoms with Crippen LogP contribution in [0.2, 0.25) is 0 Å². The van der Waals surface area contributed by atoms with Gasteiger partial charge in [0.25, 0.3) is 0 Å². The van der Waals surface area contributed by atoms with Crippen molar-refractivity contribution in [3.05, 3.63) is 29.8 Å². The monoisotopic (exact) mass is 165 g/mol. The molecule has 0 aromatic heterocycles. The van der Waals surface area contributed by atoms with E-state index in [1.807, 2.05) is 31.2 Å². The molecule has 65 valence electrons. The van der Waals surface area contributed by atoms with Crippen LogP contribution in [0.4, 0.5) is 0 Å². The maximum atomic E-state index is 10.3. The SMILES string of the molecule is CCOc1ccc(CC[O])cc1. The Morgan fingerprint density at radius 1 is 1.25 bits per heavy atom. The van der Waals surface area contributed by atoms with Crippen LogP contribution in [0.25, 0.3) is 0 Å². The molecule has 0 N–H and O–H groups in total. The van der Waals surface area contributed by atoms with Crippen molar-refractivity contribution >= 4 is 0 Å². The Kier molecular flexibility index (Phi) is 3.61. The van der Waals surface area contributed by atoms with Gasteiger partial charge in [-0.2, -0.15) is 0 Å². The van der Waals surface area contributed by atoms with Crippen molar-refractivity contribution in [1.82, 2.24) is 0 Å². The minimum atomic E-state index is -0.0476. The van der Waals surface area contributed by atoms with Crippen molar-refractivity contribution < 1.29 is 9.84 Å². The number of benzene rings is 1. The molecule has 0 bridgehead atoms. The molecule has 1 rings (SSSR count). The third-order valence-electron chi connectivity index (χ3n) is 1.63. The van der Waals surface area contributed by atoms with E-state index in [1.54, 1.807) is 0 Å². The molecule has 2 nitrogen and oxygen atoms in total. The molecule has 0 atom stereocenters. The molecule has 1 aromatic carbocycles. The Hall–Kier alpha value is -1.02. The van der Waals surface area contributed by atoms with E-state index < -0.39 is 0 Å². The summed E-state index contributed by atoms with van der Waals surface area (Å²) in [7, 11) is 0. The summed E-state index contributed by atoms with van der Waals surface area (Å²) in [5, 5.41) is 10.3. The maximum Gasteiger partial charge on any atom is 0.119 e. The predicted octanol–water partition coefficient (Wildman–Crippen LogP) is 2.06. The summed E-state index contributed by atoms with van der Waals surface area (Å²) >= 11 is 0. The first-order valence-electron chi connectivity index (χ1n) is 4.16. The zero-order chi connectivity index (χ0) is 8.81. The molecular weight excluding hydrogens is 152 g/mol. The van der Waals surface area contributed by atoms with E-state index in [1.165, 1.54) is 0 Å². The average Bonchev–Trinajstić information content (AvgIpc) is 2.09. The first kappa shape index (κ1) is 9.07. The molecule has 0 unspecified atom stereocenters. The quantitative estimate of drug-likeness (QED) is 0.671. The Labute approximate surface area is 72.8 Å². The van der Waals surface area contributed by atoms with Crippen LogP contribution in [-0.2, 0) is 11.5 Å². The first-order chi connectivity index (χ1) is 5.86. The highest BCUT2D eigenvalue weighted by Crippen LogP contribution is 2.11. The molecule has 1 aromatic rings. The van der Waals surface area contributed by atoms with Gasteiger partial charge in [0.15, 0.2) is 0 Å². The predicted molar refractivity (Wildman–Crippen MR) is 46.9 cm³/mol. The van der Waals surface area contributed by atoms with Crippen LogP contribution in [0.15, 0.2) is 24.3 Å². The summed E-state index contributed by atoms with van der Waals surface area (Å²) in [5.74, 6) is 0.868. The van der Waals surface area contributed by atoms with Crippen molar-refractivity contribution in [3.63, 3.8) is 0 Å². The molecule has 0 aliphatic carbocycles. The van der Waals surface area contributed by atoms with Crippen LogP contribution in [0.3, 0.4) is 0 Å². The number of rotatable bonds is 4. The molecular formula is C10H13O2. The lowest BCUT2D eigenvalue weighted by Crippen LogP contribution is -1.92. The lowest BCUT2D eigenvalue weighted by molar-refractivity contribution is 0.197. The lowest BCUT2D eigenvalue weighted by Gasteiger charge is -2.02. The van der Waals surface area contributed by atoms with Gasteiger partial charge in [0, 0.05) is 0 Å². The third kappa shape index (κ3) is 2.55. The van der Waals surface area contributed by atoms with Crippen molar-refractivity contribution in [2.45, 2.75) is 13.3 Å². The molecule has 0 spiro atoms. The second-order valence-corrected chi connectivity index (χ2v) is 2.53. The van der Waals surface area contributed by atoms with E-state index >= 15 is 0 Å². The summed E-state index contributed by atoms with van der Waals surface area (Å²) in [6, 6.07) is 7.66.